The summed E-state index contributed by atoms with van der Waals surface area (Å²) in [5, 5.41) is 2.43. The summed E-state index contributed by atoms with van der Waals surface area (Å²) in [6, 6.07) is 11.8. The maximum atomic E-state index is 13.9. The molecule has 2 amide bonds. The molecular weight excluding hydrogens is 376 g/mol. The number of rotatable bonds is 8. The van der Waals surface area contributed by atoms with Crippen molar-refractivity contribution in [1.29, 1.82) is 0 Å². The molecule has 0 unspecified atom stereocenters. The fourth-order valence-electron chi connectivity index (χ4n) is 2.40. The number of nitrogens with zero attached hydrogens (tertiary/aromatic N) is 1. The summed E-state index contributed by atoms with van der Waals surface area (Å²) >= 11 is 0. The third kappa shape index (κ3) is 6.96. The number of carbonyl (C=O) groups excluding carboxylic acids is 2. The number of halogens is 3. The third-order valence-corrected chi connectivity index (χ3v) is 3.75. The van der Waals surface area contributed by atoms with E-state index in [-0.39, 0.29) is 43.5 Å². The largest absolute Gasteiger partial charge is 0.330 e. The van der Waals surface area contributed by atoms with Crippen molar-refractivity contribution in [2.75, 3.05) is 18.4 Å². The van der Waals surface area contributed by atoms with E-state index >= 15 is 0 Å². The molecular formula is C19H22ClF2N3O2. The van der Waals surface area contributed by atoms with E-state index < -0.39 is 17.5 Å². The number of benzene rings is 2. The Balaban J connectivity index is 0.00000364. The molecule has 0 radical (unpaired) electrons. The van der Waals surface area contributed by atoms with Gasteiger partial charge in [-0.25, -0.2) is 8.78 Å². The second-order valence-corrected chi connectivity index (χ2v) is 5.76. The number of anilines is 1. The van der Waals surface area contributed by atoms with E-state index in [4.69, 9.17) is 5.73 Å². The molecule has 0 saturated carbocycles. The average Bonchev–Trinajstić information content (AvgIpc) is 2.62. The van der Waals surface area contributed by atoms with E-state index in [0.29, 0.717) is 18.5 Å². The fraction of sp³-hybridized carbons (Fsp3) is 0.263. The summed E-state index contributed by atoms with van der Waals surface area (Å²) < 4.78 is 27.5. The van der Waals surface area contributed by atoms with Crippen LogP contribution >= 0.6 is 12.4 Å². The van der Waals surface area contributed by atoms with Crippen molar-refractivity contribution in [3.63, 3.8) is 0 Å². The van der Waals surface area contributed by atoms with Crippen molar-refractivity contribution in [2.24, 2.45) is 5.73 Å². The topological polar surface area (TPSA) is 75.4 Å². The predicted molar refractivity (Wildman–Crippen MR) is 102 cm³/mol. The predicted octanol–water partition coefficient (Wildman–Crippen LogP) is 3.09. The smallest absolute Gasteiger partial charge is 0.244 e. The Kier molecular flexibility index (Phi) is 9.39. The van der Waals surface area contributed by atoms with Gasteiger partial charge in [-0.1, -0.05) is 30.3 Å². The lowest BCUT2D eigenvalue weighted by atomic mass is 10.2. The molecule has 146 valence electrons. The minimum atomic E-state index is -0.573. The molecule has 5 nitrogen and oxygen atoms in total. The monoisotopic (exact) mass is 397 g/mol. The highest BCUT2D eigenvalue weighted by Crippen LogP contribution is 2.14. The van der Waals surface area contributed by atoms with Crippen LogP contribution in [0.25, 0.3) is 0 Å². The van der Waals surface area contributed by atoms with Crippen LogP contribution in [0.1, 0.15) is 18.4 Å². The Bertz CT molecular complexity index is 774. The summed E-state index contributed by atoms with van der Waals surface area (Å²) in [5.41, 5.74) is 5.75. The SMILES string of the molecule is Cl.NCCCC(=O)N(CC(=O)Nc1ccccc1F)Cc1ccccc1F. The molecule has 0 aliphatic rings. The Morgan fingerprint density at radius 3 is 2.26 bits per heavy atom. The zero-order chi connectivity index (χ0) is 18.9. The summed E-state index contributed by atoms with van der Waals surface area (Å²) in [6.07, 6.45) is 0.611. The van der Waals surface area contributed by atoms with E-state index in [1.807, 2.05) is 0 Å². The van der Waals surface area contributed by atoms with Crippen molar-refractivity contribution < 1.29 is 18.4 Å². The molecule has 0 aliphatic heterocycles. The van der Waals surface area contributed by atoms with Gasteiger partial charge >= 0.3 is 0 Å². The zero-order valence-electron chi connectivity index (χ0n) is 14.7. The molecule has 2 rings (SSSR count). The zero-order valence-corrected chi connectivity index (χ0v) is 15.5. The van der Waals surface area contributed by atoms with Gasteiger partial charge in [0.2, 0.25) is 11.8 Å². The second-order valence-electron chi connectivity index (χ2n) is 5.76. The highest BCUT2D eigenvalue weighted by molar-refractivity contribution is 5.94. The standard InChI is InChI=1S/C19H21F2N3O2.ClH/c20-15-7-2-1-6-14(15)12-24(19(26)10-5-11-22)13-18(25)23-17-9-4-3-8-16(17)21;/h1-4,6-9H,5,10-13,22H2,(H,23,25);1H. The Morgan fingerprint density at radius 2 is 1.63 bits per heavy atom. The Labute approximate surface area is 162 Å². The lowest BCUT2D eigenvalue weighted by molar-refractivity contribution is -0.135. The number of carbonyl (C=O) groups is 2. The van der Waals surface area contributed by atoms with Gasteiger partial charge in [0.15, 0.2) is 0 Å². The number of amides is 2. The Hall–Kier alpha value is -2.51. The number of hydrogen-bond donors (Lipinski definition) is 2. The molecule has 0 bridgehead atoms. The number of nitrogens with two attached hydrogens (primary N) is 1. The molecule has 0 spiro atoms. The molecule has 0 heterocycles. The molecule has 2 aromatic carbocycles. The van der Waals surface area contributed by atoms with Gasteiger partial charge in [0.1, 0.15) is 18.2 Å². The van der Waals surface area contributed by atoms with Crippen LogP contribution in [-0.4, -0.2) is 29.8 Å². The molecule has 0 aromatic heterocycles. The first kappa shape index (κ1) is 22.5. The van der Waals surface area contributed by atoms with Gasteiger partial charge in [-0.2, -0.15) is 0 Å². The minimum Gasteiger partial charge on any atom is -0.330 e. The minimum absolute atomic E-state index is 0. The highest BCUT2D eigenvalue weighted by Gasteiger charge is 2.19. The molecule has 8 heteroatoms. The second kappa shape index (κ2) is 11.3. The van der Waals surface area contributed by atoms with Crippen LogP contribution in [0, 0.1) is 11.6 Å². The highest BCUT2D eigenvalue weighted by atomic mass is 35.5. The average molecular weight is 398 g/mol. The molecule has 0 aliphatic carbocycles. The van der Waals surface area contributed by atoms with Crippen LogP contribution in [0.15, 0.2) is 48.5 Å². The molecule has 3 N–H and O–H groups in total. The van der Waals surface area contributed by atoms with Gasteiger partial charge in [-0.15, -0.1) is 12.4 Å². The lowest BCUT2D eigenvalue weighted by Gasteiger charge is -2.23. The molecule has 2 aromatic rings. The van der Waals surface area contributed by atoms with Crippen LogP contribution in [-0.2, 0) is 16.1 Å². The van der Waals surface area contributed by atoms with E-state index in [9.17, 15) is 18.4 Å². The van der Waals surface area contributed by atoms with Crippen LogP contribution in [0.2, 0.25) is 0 Å². The number of para-hydroxylation sites is 1. The quantitative estimate of drug-likeness (QED) is 0.718. The van der Waals surface area contributed by atoms with Gasteiger partial charge in [0, 0.05) is 18.5 Å². The molecule has 0 saturated heterocycles. The van der Waals surface area contributed by atoms with Crippen LogP contribution in [0.4, 0.5) is 14.5 Å². The Morgan fingerprint density at radius 1 is 1.00 bits per heavy atom. The van der Waals surface area contributed by atoms with Crippen molar-refractivity contribution in [1.82, 2.24) is 4.90 Å². The number of hydrogen-bond acceptors (Lipinski definition) is 3. The third-order valence-electron chi connectivity index (χ3n) is 3.75. The van der Waals surface area contributed by atoms with E-state index in [1.54, 1.807) is 24.3 Å². The van der Waals surface area contributed by atoms with Crippen molar-refractivity contribution in [2.45, 2.75) is 19.4 Å². The first-order valence-electron chi connectivity index (χ1n) is 8.27. The molecule has 27 heavy (non-hydrogen) atoms. The van der Waals surface area contributed by atoms with E-state index in [0.717, 1.165) is 0 Å². The van der Waals surface area contributed by atoms with Crippen LogP contribution < -0.4 is 11.1 Å². The normalized spacial score (nSPS) is 10.0. The lowest BCUT2D eigenvalue weighted by Crippen LogP contribution is -2.38. The van der Waals surface area contributed by atoms with Gasteiger partial charge in [0.25, 0.3) is 0 Å². The van der Waals surface area contributed by atoms with Gasteiger partial charge in [0.05, 0.1) is 5.69 Å². The molecule has 0 atom stereocenters. The van der Waals surface area contributed by atoms with Crippen molar-refractivity contribution >= 4 is 29.9 Å². The van der Waals surface area contributed by atoms with Gasteiger partial charge < -0.3 is 16.0 Å². The summed E-state index contributed by atoms with van der Waals surface area (Å²) in [7, 11) is 0. The van der Waals surface area contributed by atoms with Gasteiger partial charge in [-0.05, 0) is 31.2 Å². The van der Waals surface area contributed by atoms with E-state index in [2.05, 4.69) is 5.32 Å². The van der Waals surface area contributed by atoms with Gasteiger partial charge in [-0.3, -0.25) is 9.59 Å². The maximum absolute atomic E-state index is 13.9. The number of nitrogens with one attached hydrogen (secondary N) is 1. The van der Waals surface area contributed by atoms with E-state index in [1.165, 1.54) is 29.2 Å². The maximum Gasteiger partial charge on any atom is 0.244 e. The fourth-order valence-corrected chi connectivity index (χ4v) is 2.40. The van der Waals surface area contributed by atoms with Crippen LogP contribution in [0.5, 0.6) is 0 Å². The van der Waals surface area contributed by atoms with Crippen molar-refractivity contribution in [3.05, 3.63) is 65.7 Å². The summed E-state index contributed by atoms with van der Waals surface area (Å²) in [6.45, 7) is -0.0342. The molecule has 0 fully saturated rings. The first-order valence-corrected chi connectivity index (χ1v) is 8.27. The van der Waals surface area contributed by atoms with Crippen molar-refractivity contribution in [3.8, 4) is 0 Å². The van der Waals surface area contributed by atoms with Crippen LogP contribution in [0.3, 0.4) is 0 Å². The summed E-state index contributed by atoms with van der Waals surface area (Å²) in [4.78, 5) is 25.8. The summed E-state index contributed by atoms with van der Waals surface area (Å²) in [5.74, 6) is -1.91. The first-order chi connectivity index (χ1) is 12.5.